The molecule has 2 amide bonds. The van der Waals surface area contributed by atoms with Crippen LogP contribution in [0.25, 0.3) is 0 Å². The van der Waals surface area contributed by atoms with E-state index in [9.17, 15) is 19.2 Å². The van der Waals surface area contributed by atoms with Crippen molar-refractivity contribution in [2.24, 2.45) is 11.1 Å². The largest absolute Gasteiger partial charge is 0.427 e. The molecule has 3 atom stereocenters. The van der Waals surface area contributed by atoms with Crippen LogP contribution in [0.4, 0.5) is 0 Å². The van der Waals surface area contributed by atoms with Crippen molar-refractivity contribution in [3.8, 4) is 0 Å². The third-order valence-electron chi connectivity index (χ3n) is 5.42. The van der Waals surface area contributed by atoms with Gasteiger partial charge in [-0.3, -0.25) is 19.3 Å². The molecule has 3 rings (SSSR count). The van der Waals surface area contributed by atoms with E-state index in [4.69, 9.17) is 26.8 Å². The third-order valence-corrected chi connectivity index (χ3v) is 7.15. The van der Waals surface area contributed by atoms with E-state index in [1.54, 1.807) is 52.0 Å². The molecule has 0 saturated carbocycles. The van der Waals surface area contributed by atoms with E-state index in [0.717, 1.165) is 5.56 Å². The van der Waals surface area contributed by atoms with Crippen molar-refractivity contribution in [2.75, 3.05) is 12.5 Å². The second-order valence-corrected chi connectivity index (χ2v) is 10.5. The van der Waals surface area contributed by atoms with Gasteiger partial charge in [0.15, 0.2) is 0 Å². The molecular formula is C23H28ClN3O6S. The highest BCUT2D eigenvalue weighted by molar-refractivity contribution is 8.00. The van der Waals surface area contributed by atoms with Crippen LogP contribution in [0.3, 0.4) is 0 Å². The Kier molecular flexibility index (Phi) is 7.95. The number of thioether (sulfide) groups is 1. The number of hydrogen-bond donors (Lipinski definition) is 2. The van der Waals surface area contributed by atoms with Crippen LogP contribution in [0.5, 0.6) is 0 Å². The fraction of sp³-hybridized carbons (Fsp3) is 0.478. The molecule has 184 valence electrons. The maximum atomic E-state index is 12.9. The molecule has 2 heterocycles. The molecular weight excluding hydrogens is 482 g/mol. The van der Waals surface area contributed by atoms with E-state index in [-0.39, 0.29) is 5.70 Å². The minimum atomic E-state index is -0.959. The number of ether oxygens (including phenoxy) is 2. The molecule has 9 nitrogen and oxygen atoms in total. The number of carbonyl (C=O) groups excluding carboxylic acids is 4. The summed E-state index contributed by atoms with van der Waals surface area (Å²) >= 11 is 7.21. The third kappa shape index (κ3) is 5.39. The van der Waals surface area contributed by atoms with Crippen LogP contribution in [0.1, 0.15) is 44.9 Å². The van der Waals surface area contributed by atoms with Gasteiger partial charge in [0.1, 0.15) is 23.2 Å². The van der Waals surface area contributed by atoms with Crippen molar-refractivity contribution in [1.29, 1.82) is 0 Å². The molecule has 3 N–H and O–H groups in total. The van der Waals surface area contributed by atoms with Crippen molar-refractivity contribution in [1.82, 2.24) is 10.2 Å². The smallest absolute Gasteiger partial charge is 0.357 e. The molecule has 1 aromatic carbocycles. The number of fused-ring (bicyclic) bond motifs is 1. The van der Waals surface area contributed by atoms with Crippen LogP contribution < -0.4 is 11.1 Å². The molecule has 34 heavy (non-hydrogen) atoms. The number of halogens is 1. The van der Waals surface area contributed by atoms with Gasteiger partial charge in [-0.15, -0.1) is 23.4 Å². The quantitative estimate of drug-likeness (QED) is 0.248. The van der Waals surface area contributed by atoms with Gasteiger partial charge < -0.3 is 20.5 Å². The molecule has 1 aromatic rings. The van der Waals surface area contributed by atoms with Crippen molar-refractivity contribution < 1.29 is 28.7 Å². The maximum absolute atomic E-state index is 12.9. The first-order valence-corrected chi connectivity index (χ1v) is 12.2. The van der Waals surface area contributed by atoms with Crippen LogP contribution >= 0.6 is 23.4 Å². The first-order chi connectivity index (χ1) is 16.0. The Hall–Kier alpha value is -2.56. The molecule has 1 saturated heterocycles. The molecule has 0 aliphatic carbocycles. The molecule has 0 spiro atoms. The van der Waals surface area contributed by atoms with Gasteiger partial charge in [-0.2, -0.15) is 0 Å². The highest BCUT2D eigenvalue weighted by Gasteiger charge is 2.54. The fourth-order valence-corrected chi connectivity index (χ4v) is 4.86. The van der Waals surface area contributed by atoms with Crippen molar-refractivity contribution in [3.05, 3.63) is 46.7 Å². The molecule has 0 bridgehead atoms. The van der Waals surface area contributed by atoms with Crippen LogP contribution in [0, 0.1) is 5.41 Å². The van der Waals surface area contributed by atoms with Gasteiger partial charge >= 0.3 is 11.9 Å². The van der Waals surface area contributed by atoms with Crippen LogP contribution in [0.15, 0.2) is 35.5 Å². The summed E-state index contributed by atoms with van der Waals surface area (Å²) in [5, 5.41) is 2.23. The van der Waals surface area contributed by atoms with Gasteiger partial charge in [0, 0.05) is 11.6 Å². The fourth-order valence-electron chi connectivity index (χ4n) is 3.39. The monoisotopic (exact) mass is 509 g/mol. The lowest BCUT2D eigenvalue weighted by Crippen LogP contribution is -2.71. The lowest BCUT2D eigenvalue weighted by molar-refractivity contribution is -0.173. The molecule has 3 unspecified atom stereocenters. The van der Waals surface area contributed by atoms with Crippen molar-refractivity contribution in [3.63, 3.8) is 0 Å². The minimum absolute atomic E-state index is 0.104. The summed E-state index contributed by atoms with van der Waals surface area (Å²) in [6.45, 7) is 6.21. The highest BCUT2D eigenvalue weighted by Crippen LogP contribution is 2.40. The van der Waals surface area contributed by atoms with Crippen molar-refractivity contribution >= 4 is 47.1 Å². The van der Waals surface area contributed by atoms with Crippen LogP contribution in [0.2, 0.25) is 0 Å². The number of alkyl halides is 1. The number of rotatable bonds is 7. The summed E-state index contributed by atoms with van der Waals surface area (Å²) < 4.78 is 10.1. The Morgan fingerprint density at radius 1 is 1.24 bits per heavy atom. The van der Waals surface area contributed by atoms with E-state index in [0.29, 0.717) is 22.8 Å². The topological polar surface area (TPSA) is 128 Å². The van der Waals surface area contributed by atoms with Gasteiger partial charge in [0.25, 0.3) is 5.91 Å². The van der Waals surface area contributed by atoms with Crippen LogP contribution in [-0.2, 0) is 34.5 Å². The summed E-state index contributed by atoms with van der Waals surface area (Å²) in [4.78, 5) is 51.4. The highest BCUT2D eigenvalue weighted by atomic mass is 35.5. The molecule has 1 fully saturated rings. The zero-order valence-electron chi connectivity index (χ0n) is 19.4. The summed E-state index contributed by atoms with van der Waals surface area (Å²) in [5.41, 5.74) is 7.59. The lowest BCUT2D eigenvalue weighted by Gasteiger charge is -2.49. The predicted molar refractivity (Wildman–Crippen MR) is 127 cm³/mol. The number of amides is 2. The van der Waals surface area contributed by atoms with Gasteiger partial charge in [-0.25, -0.2) is 4.79 Å². The van der Waals surface area contributed by atoms with E-state index < -0.39 is 53.4 Å². The maximum Gasteiger partial charge on any atom is 0.357 e. The number of β-lactam (4-membered cyclic amide) rings is 1. The Labute approximate surface area is 207 Å². The number of nitrogens with two attached hydrogens (primary N) is 1. The van der Waals surface area contributed by atoms with Gasteiger partial charge in [0.05, 0.1) is 5.41 Å². The van der Waals surface area contributed by atoms with E-state index in [1.807, 2.05) is 0 Å². The number of carbonyl (C=O) groups is 4. The zero-order valence-corrected chi connectivity index (χ0v) is 21.0. The number of nitrogens with one attached hydrogen (secondary N) is 1. The molecule has 0 radical (unpaired) electrons. The molecule has 0 aromatic heterocycles. The van der Waals surface area contributed by atoms with Crippen molar-refractivity contribution in [2.45, 2.75) is 51.0 Å². The first kappa shape index (κ1) is 26.1. The summed E-state index contributed by atoms with van der Waals surface area (Å²) in [6.07, 6.45) is 0. The SMILES string of the molecule is CC1=C(C(=O)OCOC(=O)C(C)(C)C)N2C(=O)C(NC(=O)C(N)c3ccc(CCl)cc3)C2SC1. The van der Waals surface area contributed by atoms with E-state index in [1.165, 1.54) is 16.7 Å². The van der Waals surface area contributed by atoms with E-state index >= 15 is 0 Å². The van der Waals surface area contributed by atoms with Gasteiger partial charge in [-0.1, -0.05) is 24.3 Å². The standard InChI is InChI=1S/C23H28ClN3O6S/c1-12-10-34-20-16(26-18(28)15(25)14-7-5-13(9-24)6-8-14)19(29)27(20)17(12)21(30)32-11-33-22(31)23(2,3)4/h5-8,15-16,20H,9-11,25H2,1-4H3,(H,26,28). The predicted octanol–water partition coefficient (Wildman–Crippen LogP) is 2.19. The second kappa shape index (κ2) is 10.4. The Morgan fingerprint density at radius 3 is 2.47 bits per heavy atom. The normalized spacial score (nSPS) is 20.8. The summed E-state index contributed by atoms with van der Waals surface area (Å²) in [7, 11) is 0. The number of hydrogen-bond acceptors (Lipinski definition) is 8. The number of esters is 2. The first-order valence-electron chi connectivity index (χ1n) is 10.6. The molecule has 11 heteroatoms. The number of nitrogens with zero attached hydrogens (tertiary/aromatic N) is 1. The second-order valence-electron chi connectivity index (χ2n) is 9.11. The Morgan fingerprint density at radius 2 is 1.88 bits per heavy atom. The van der Waals surface area contributed by atoms with Gasteiger partial charge in [-0.05, 0) is 44.4 Å². The summed E-state index contributed by atoms with van der Waals surface area (Å²) in [6, 6.07) is 5.23. The van der Waals surface area contributed by atoms with Gasteiger partial charge in [0.2, 0.25) is 12.7 Å². The van der Waals surface area contributed by atoms with Crippen LogP contribution in [-0.4, -0.2) is 52.6 Å². The molecule has 2 aliphatic heterocycles. The summed E-state index contributed by atoms with van der Waals surface area (Å²) in [5.74, 6) is -1.39. The minimum Gasteiger partial charge on any atom is -0.427 e. The Bertz CT molecular complexity index is 1020. The Balaban J connectivity index is 1.61. The average molecular weight is 510 g/mol. The zero-order chi connectivity index (χ0) is 25.2. The van der Waals surface area contributed by atoms with E-state index in [2.05, 4.69) is 5.32 Å². The lowest BCUT2D eigenvalue weighted by atomic mass is 9.98. The molecule has 2 aliphatic rings. The average Bonchev–Trinajstić information content (AvgIpc) is 2.80. The number of benzene rings is 1.